The Bertz CT molecular complexity index is 1580. The van der Waals surface area contributed by atoms with Crippen LogP contribution in [0.15, 0.2) is 53.1 Å². The Labute approximate surface area is 247 Å². The average molecular weight is 623 g/mol. The van der Waals surface area contributed by atoms with E-state index in [1.807, 2.05) is 20.8 Å². The normalized spacial score (nSPS) is 21.6. The van der Waals surface area contributed by atoms with Crippen molar-refractivity contribution >= 4 is 27.3 Å². The van der Waals surface area contributed by atoms with Gasteiger partial charge < -0.3 is 9.42 Å². The van der Waals surface area contributed by atoms with E-state index in [2.05, 4.69) is 10.1 Å². The van der Waals surface area contributed by atoms with Crippen LogP contribution >= 0.6 is 0 Å². The quantitative estimate of drug-likeness (QED) is 0.184. The van der Waals surface area contributed by atoms with Crippen molar-refractivity contribution in [2.45, 2.75) is 82.3 Å². The fraction of sp³-hybridized carbons (Fsp3) is 0.500. The molecular weight excluding hydrogens is 588 g/mol. The van der Waals surface area contributed by atoms with Crippen molar-refractivity contribution in [3.8, 4) is 11.1 Å². The number of hydrogen-bond donors (Lipinski definition) is 1. The van der Waals surface area contributed by atoms with Gasteiger partial charge in [0.25, 0.3) is 0 Å². The third-order valence-corrected chi connectivity index (χ3v) is 9.10. The Kier molecular flexibility index (Phi) is 7.85. The van der Waals surface area contributed by atoms with E-state index in [0.29, 0.717) is 47.9 Å². The van der Waals surface area contributed by atoms with Gasteiger partial charge in [-0.25, -0.2) is 4.39 Å². The first-order valence-corrected chi connectivity index (χ1v) is 15.6. The van der Waals surface area contributed by atoms with Crippen LogP contribution < -0.4 is 9.62 Å². The van der Waals surface area contributed by atoms with Crippen molar-refractivity contribution in [3.05, 3.63) is 60.2 Å². The molecule has 0 atom stereocenters. The topological polar surface area (TPSA) is 105 Å². The number of sulfonamides is 1. The van der Waals surface area contributed by atoms with Gasteiger partial charge in [0.05, 0.1) is 5.41 Å². The number of nitrogens with zero attached hydrogens (tertiary/aromatic N) is 3. The van der Waals surface area contributed by atoms with Crippen molar-refractivity contribution in [3.63, 3.8) is 0 Å². The van der Waals surface area contributed by atoms with E-state index in [0.717, 1.165) is 12.8 Å². The highest BCUT2D eigenvalue weighted by atomic mass is 32.2. The minimum absolute atomic E-state index is 0.103. The molecule has 0 radical (unpaired) electrons. The second-order valence-electron chi connectivity index (χ2n) is 12.7. The van der Waals surface area contributed by atoms with Gasteiger partial charge in [-0.1, -0.05) is 56.6 Å². The lowest BCUT2D eigenvalue weighted by Gasteiger charge is -2.65. The van der Waals surface area contributed by atoms with Crippen LogP contribution in [-0.4, -0.2) is 42.2 Å². The van der Waals surface area contributed by atoms with E-state index in [1.165, 1.54) is 29.0 Å². The smallest absolute Gasteiger partial charge is 0.339 e. The summed E-state index contributed by atoms with van der Waals surface area (Å²) < 4.78 is 82.2. The molecule has 3 aliphatic rings. The molecule has 0 aliphatic heterocycles. The van der Waals surface area contributed by atoms with E-state index in [1.54, 1.807) is 29.2 Å². The number of nitrogens with one attached hydrogen (secondary N) is 1. The van der Waals surface area contributed by atoms with Gasteiger partial charge in [0.2, 0.25) is 11.8 Å². The maximum Gasteiger partial charge on any atom is 0.516 e. The lowest BCUT2D eigenvalue weighted by molar-refractivity contribution is -0.211. The number of carbonyl (C=O) groups excluding carboxylic acids is 1. The van der Waals surface area contributed by atoms with Crippen LogP contribution in [0.1, 0.15) is 71.0 Å². The maximum absolute atomic E-state index is 14.3. The molecule has 3 saturated carbocycles. The van der Waals surface area contributed by atoms with Crippen molar-refractivity contribution in [2.75, 3.05) is 16.2 Å². The molecule has 6 rings (SSSR count). The van der Waals surface area contributed by atoms with E-state index >= 15 is 0 Å². The number of rotatable bonds is 11. The summed E-state index contributed by atoms with van der Waals surface area (Å²) in [4.78, 5) is 19.9. The number of benzene rings is 2. The predicted molar refractivity (Wildman–Crippen MR) is 154 cm³/mol. The number of anilines is 2. The number of hydrogen-bond acceptors (Lipinski definition) is 6. The van der Waals surface area contributed by atoms with Crippen molar-refractivity contribution in [1.82, 2.24) is 10.1 Å². The van der Waals surface area contributed by atoms with E-state index < -0.39 is 26.6 Å². The summed E-state index contributed by atoms with van der Waals surface area (Å²) >= 11 is 0. The number of aryl methyl sites for hydroxylation is 1. The molecule has 1 heterocycles. The van der Waals surface area contributed by atoms with Crippen LogP contribution in [0.3, 0.4) is 0 Å². The highest BCUT2D eigenvalue weighted by molar-refractivity contribution is 7.93. The van der Waals surface area contributed by atoms with Gasteiger partial charge in [-0.15, -0.1) is 0 Å². The van der Waals surface area contributed by atoms with Gasteiger partial charge in [-0.05, 0) is 67.5 Å². The molecule has 1 N–H and O–H groups in total. The predicted octanol–water partition coefficient (Wildman–Crippen LogP) is 6.93. The zero-order valence-electron chi connectivity index (χ0n) is 24.2. The molecule has 2 bridgehead atoms. The molecule has 1 amide bonds. The first-order chi connectivity index (χ1) is 20.0. The first kappa shape index (κ1) is 31.0. The standard InChI is InChI=1S/C30H34F4N4O4S/c1-27(2,3)25-35-24(36-42-25)10-5-4-6-15-38(26(39)28-17-29(31,18-28)19-28)23-9-7-8-21(16-23)20-11-13-22(14-12-20)37-43(40,41)30(32,33)34/h7-9,11-14,16,37H,4-6,10,15,17-19H2,1-3H3. The van der Waals surface area contributed by atoms with E-state index in [9.17, 15) is 30.8 Å². The average Bonchev–Trinajstić information content (AvgIpc) is 3.37. The van der Waals surface area contributed by atoms with Gasteiger partial charge in [-0.2, -0.15) is 26.6 Å². The van der Waals surface area contributed by atoms with Crippen LogP contribution in [0, 0.1) is 5.41 Å². The first-order valence-electron chi connectivity index (χ1n) is 14.1. The highest BCUT2D eigenvalue weighted by Crippen LogP contribution is 2.70. The molecule has 3 aliphatic carbocycles. The Morgan fingerprint density at radius 2 is 1.67 bits per heavy atom. The molecule has 13 heteroatoms. The van der Waals surface area contributed by atoms with E-state index in [4.69, 9.17) is 4.52 Å². The number of alkyl halides is 4. The molecule has 1 aromatic heterocycles. The third-order valence-electron chi connectivity index (χ3n) is 7.99. The second-order valence-corrected chi connectivity index (χ2v) is 14.3. The largest absolute Gasteiger partial charge is 0.516 e. The number of unbranched alkanes of at least 4 members (excludes halogenated alkanes) is 2. The molecule has 43 heavy (non-hydrogen) atoms. The Hall–Kier alpha value is -3.48. The fourth-order valence-electron chi connectivity index (χ4n) is 5.71. The number of carbonyl (C=O) groups is 1. The molecule has 0 unspecified atom stereocenters. The molecular formula is C30H34F4N4O4S. The molecule has 2 aromatic carbocycles. The molecule has 3 fully saturated rings. The minimum Gasteiger partial charge on any atom is -0.339 e. The Morgan fingerprint density at radius 3 is 2.26 bits per heavy atom. The Morgan fingerprint density at radius 1 is 1.00 bits per heavy atom. The zero-order chi connectivity index (χ0) is 31.3. The minimum atomic E-state index is -5.53. The Balaban J connectivity index is 1.27. The van der Waals surface area contributed by atoms with Crippen LogP contribution in [0.5, 0.6) is 0 Å². The molecule has 8 nitrogen and oxygen atoms in total. The van der Waals surface area contributed by atoms with Crippen LogP contribution in [0.4, 0.5) is 28.9 Å². The van der Waals surface area contributed by atoms with Crippen LogP contribution in [0.2, 0.25) is 0 Å². The van der Waals surface area contributed by atoms with E-state index in [-0.39, 0.29) is 36.3 Å². The lowest BCUT2D eigenvalue weighted by atomic mass is 9.42. The highest BCUT2D eigenvalue weighted by Gasteiger charge is 2.73. The third kappa shape index (κ3) is 6.41. The summed E-state index contributed by atoms with van der Waals surface area (Å²) in [6.45, 7) is 6.43. The number of halogens is 4. The number of aromatic nitrogens is 2. The molecule has 3 aromatic rings. The maximum atomic E-state index is 14.3. The monoisotopic (exact) mass is 622 g/mol. The van der Waals surface area contributed by atoms with Gasteiger partial charge in [0.15, 0.2) is 5.82 Å². The van der Waals surface area contributed by atoms with Gasteiger partial charge in [0.1, 0.15) is 5.67 Å². The molecule has 232 valence electrons. The van der Waals surface area contributed by atoms with Crippen LogP contribution in [0.25, 0.3) is 11.1 Å². The SMILES string of the molecule is CC(C)(C)c1nc(CCCCCN(C(=O)C23CC(F)(C2)C3)c2cccc(-c3ccc(NS(=O)(=O)C(F)(F)F)cc3)c2)no1. The summed E-state index contributed by atoms with van der Waals surface area (Å²) in [6, 6.07) is 12.6. The summed E-state index contributed by atoms with van der Waals surface area (Å²) in [5.74, 6) is 1.12. The fourth-order valence-corrected chi connectivity index (χ4v) is 6.27. The lowest BCUT2D eigenvalue weighted by Crippen LogP contribution is -2.70. The van der Waals surface area contributed by atoms with Crippen molar-refractivity contribution in [2.24, 2.45) is 5.41 Å². The molecule has 0 spiro atoms. The summed E-state index contributed by atoms with van der Waals surface area (Å²) in [6.07, 6.45) is 3.65. The molecule has 0 saturated heterocycles. The summed E-state index contributed by atoms with van der Waals surface area (Å²) in [5, 5.41) is 4.06. The van der Waals surface area contributed by atoms with Crippen molar-refractivity contribution in [1.29, 1.82) is 0 Å². The van der Waals surface area contributed by atoms with Gasteiger partial charge in [0, 0.05) is 29.8 Å². The summed E-state index contributed by atoms with van der Waals surface area (Å²) in [7, 11) is -5.53. The zero-order valence-corrected chi connectivity index (χ0v) is 25.0. The second kappa shape index (κ2) is 10.9. The summed E-state index contributed by atoms with van der Waals surface area (Å²) in [5.41, 5.74) is -5.85. The van der Waals surface area contributed by atoms with Gasteiger partial charge >= 0.3 is 15.5 Å². The van der Waals surface area contributed by atoms with Crippen molar-refractivity contribution < 1.29 is 35.3 Å². The van der Waals surface area contributed by atoms with Crippen LogP contribution in [-0.2, 0) is 26.7 Å². The van der Waals surface area contributed by atoms with Gasteiger partial charge in [-0.3, -0.25) is 9.52 Å². The number of amides is 1.